The third-order valence-electron chi connectivity index (χ3n) is 2.66. The lowest BCUT2D eigenvalue weighted by Gasteiger charge is -2.19. The predicted octanol–water partition coefficient (Wildman–Crippen LogP) is 3.79. The second kappa shape index (κ2) is 9.83. The Morgan fingerprint density at radius 3 is 2.74 bits per heavy atom. The van der Waals surface area contributed by atoms with E-state index in [1.54, 1.807) is 30.7 Å². The number of hydrogen-bond donors (Lipinski definition) is 1. The van der Waals surface area contributed by atoms with Gasteiger partial charge in [0.15, 0.2) is 0 Å². The van der Waals surface area contributed by atoms with Gasteiger partial charge >= 0.3 is 0 Å². The zero-order valence-corrected chi connectivity index (χ0v) is 13.5. The highest BCUT2D eigenvalue weighted by molar-refractivity contribution is 6.35. The van der Waals surface area contributed by atoms with Gasteiger partial charge in [0.05, 0.1) is 19.5 Å². The summed E-state index contributed by atoms with van der Waals surface area (Å²) < 4.78 is 7.72. The Bertz CT molecular complexity index is 631. The van der Waals surface area contributed by atoms with Crippen LogP contribution in [0.2, 0.25) is 10.0 Å². The van der Waals surface area contributed by atoms with E-state index in [9.17, 15) is 0 Å². The molecule has 0 fully saturated rings. The minimum atomic E-state index is -1.50. The van der Waals surface area contributed by atoms with Gasteiger partial charge in [-0.25, -0.2) is 4.98 Å². The Balaban J connectivity index is 0.000000593. The van der Waals surface area contributed by atoms with E-state index in [0.29, 0.717) is 23.2 Å². The third-order valence-corrected chi connectivity index (χ3v) is 3.22. The van der Waals surface area contributed by atoms with E-state index in [2.05, 4.69) is 11.6 Å². The highest BCUT2D eigenvalue weighted by Gasteiger charge is 2.16. The summed E-state index contributed by atoms with van der Waals surface area (Å²) in [6.45, 7) is 4.75. The normalized spacial score (nSPS) is 11.2. The largest absolute Gasteiger partial charge is 0.368 e. The molecule has 2 aromatic rings. The predicted molar refractivity (Wildman–Crippen MR) is 86.4 cm³/mol. The van der Waals surface area contributed by atoms with Crippen LogP contribution in [0.1, 0.15) is 11.7 Å². The molecule has 0 aliphatic heterocycles. The van der Waals surface area contributed by atoms with E-state index in [1.807, 2.05) is 16.8 Å². The van der Waals surface area contributed by atoms with E-state index in [1.165, 1.54) is 0 Å². The molecule has 0 amide bonds. The van der Waals surface area contributed by atoms with E-state index < -0.39 is 5.09 Å². The molecule has 7 nitrogen and oxygen atoms in total. The van der Waals surface area contributed by atoms with Crippen LogP contribution in [0.3, 0.4) is 0 Å². The monoisotopic (exact) mass is 359 g/mol. The quantitative estimate of drug-likeness (QED) is 0.481. The molecule has 0 saturated heterocycles. The SMILES string of the molecule is C=CCOC(Cn1ccnc1)c1ccc(Cl)cc1Cl.O=[N+]([O-])O. The fourth-order valence-electron chi connectivity index (χ4n) is 1.77. The van der Waals surface area contributed by atoms with Crippen molar-refractivity contribution in [3.63, 3.8) is 0 Å². The van der Waals surface area contributed by atoms with Crippen LogP contribution < -0.4 is 0 Å². The number of ether oxygens (including phenoxy) is 1. The molecule has 124 valence electrons. The molecule has 0 spiro atoms. The highest BCUT2D eigenvalue weighted by Crippen LogP contribution is 2.29. The van der Waals surface area contributed by atoms with Gasteiger partial charge in [0.1, 0.15) is 6.10 Å². The molecule has 0 aliphatic rings. The van der Waals surface area contributed by atoms with Gasteiger partial charge < -0.3 is 14.5 Å². The maximum Gasteiger partial charge on any atom is 0.291 e. The molecule has 0 aliphatic carbocycles. The number of nitrogens with zero attached hydrogens (tertiary/aromatic N) is 3. The summed E-state index contributed by atoms with van der Waals surface area (Å²) >= 11 is 12.1. The van der Waals surface area contributed by atoms with Crippen LogP contribution in [0.4, 0.5) is 0 Å². The molecule has 1 atom stereocenters. The minimum absolute atomic E-state index is 0.169. The van der Waals surface area contributed by atoms with E-state index in [0.717, 1.165) is 5.56 Å². The van der Waals surface area contributed by atoms with Crippen molar-refractivity contribution in [1.82, 2.24) is 9.55 Å². The summed E-state index contributed by atoms with van der Waals surface area (Å²) in [6, 6.07) is 5.41. The summed E-state index contributed by atoms with van der Waals surface area (Å²) in [5, 5.41) is 14.8. The van der Waals surface area contributed by atoms with Gasteiger partial charge in [-0.05, 0) is 12.1 Å². The number of rotatable bonds is 6. The zero-order chi connectivity index (χ0) is 17.2. The van der Waals surface area contributed by atoms with Crippen LogP contribution in [0.25, 0.3) is 0 Å². The zero-order valence-electron chi connectivity index (χ0n) is 12.0. The molecule has 2 rings (SSSR count). The lowest BCUT2D eigenvalue weighted by Crippen LogP contribution is -2.12. The molecule has 9 heteroatoms. The van der Waals surface area contributed by atoms with Crippen LogP contribution in [0, 0.1) is 10.1 Å². The third kappa shape index (κ3) is 7.14. The van der Waals surface area contributed by atoms with Crippen LogP contribution in [0.15, 0.2) is 49.6 Å². The first-order valence-corrected chi connectivity index (χ1v) is 7.16. The molecule has 1 N–H and O–H groups in total. The van der Waals surface area contributed by atoms with Gasteiger partial charge in [-0.2, -0.15) is 0 Å². The van der Waals surface area contributed by atoms with Gasteiger partial charge in [0.25, 0.3) is 5.09 Å². The molecule has 23 heavy (non-hydrogen) atoms. The smallest absolute Gasteiger partial charge is 0.291 e. The summed E-state index contributed by atoms with van der Waals surface area (Å²) in [4.78, 5) is 12.4. The average molecular weight is 360 g/mol. The number of halogens is 2. The van der Waals surface area contributed by atoms with Gasteiger partial charge in [-0.15, -0.1) is 16.7 Å². The van der Waals surface area contributed by atoms with Crippen LogP contribution >= 0.6 is 23.2 Å². The summed E-state index contributed by atoms with van der Waals surface area (Å²) in [5.74, 6) is 0. The lowest BCUT2D eigenvalue weighted by molar-refractivity contribution is -0.742. The summed E-state index contributed by atoms with van der Waals surface area (Å²) in [5.41, 5.74) is 0.904. The van der Waals surface area contributed by atoms with Crippen molar-refractivity contribution >= 4 is 23.2 Å². The van der Waals surface area contributed by atoms with Gasteiger partial charge in [-0.1, -0.05) is 35.3 Å². The molecular formula is C14H15Cl2N3O4. The first kappa shape index (κ1) is 19.0. The van der Waals surface area contributed by atoms with Crippen molar-refractivity contribution in [3.8, 4) is 0 Å². The van der Waals surface area contributed by atoms with Crippen molar-refractivity contribution in [2.75, 3.05) is 6.61 Å². The fourth-order valence-corrected chi connectivity index (χ4v) is 2.30. The average Bonchev–Trinajstić information content (AvgIpc) is 2.96. The Hall–Kier alpha value is -2.09. The molecule has 1 unspecified atom stereocenters. The molecule has 1 aromatic heterocycles. The van der Waals surface area contributed by atoms with Crippen LogP contribution in [-0.4, -0.2) is 26.5 Å². The first-order chi connectivity index (χ1) is 10.9. The fraction of sp³-hybridized carbons (Fsp3) is 0.214. The molecule has 0 saturated carbocycles. The van der Waals surface area contributed by atoms with Gasteiger partial charge in [-0.3, -0.25) is 0 Å². The molecule has 1 aromatic carbocycles. The minimum Gasteiger partial charge on any atom is -0.368 e. The molecule has 0 bridgehead atoms. The maximum absolute atomic E-state index is 8.36. The Labute approximate surface area is 142 Å². The van der Waals surface area contributed by atoms with E-state index >= 15 is 0 Å². The van der Waals surface area contributed by atoms with Crippen molar-refractivity contribution in [1.29, 1.82) is 0 Å². The van der Waals surface area contributed by atoms with Gasteiger partial charge in [0.2, 0.25) is 0 Å². The van der Waals surface area contributed by atoms with Crippen molar-refractivity contribution in [2.24, 2.45) is 0 Å². The van der Waals surface area contributed by atoms with Crippen molar-refractivity contribution in [2.45, 2.75) is 12.6 Å². The van der Waals surface area contributed by atoms with Gasteiger partial charge in [0, 0.05) is 28.0 Å². The first-order valence-electron chi connectivity index (χ1n) is 6.40. The second-order valence-electron chi connectivity index (χ2n) is 4.27. The number of hydrogen-bond acceptors (Lipinski definition) is 4. The molecule has 1 heterocycles. The highest BCUT2D eigenvalue weighted by atomic mass is 35.5. The summed E-state index contributed by atoms with van der Waals surface area (Å²) in [7, 11) is 0. The molecule has 0 radical (unpaired) electrons. The van der Waals surface area contributed by atoms with Crippen LogP contribution in [-0.2, 0) is 11.3 Å². The van der Waals surface area contributed by atoms with E-state index in [4.69, 9.17) is 43.3 Å². The Morgan fingerprint density at radius 1 is 1.52 bits per heavy atom. The topological polar surface area (TPSA) is 90.4 Å². The lowest BCUT2D eigenvalue weighted by atomic mass is 10.1. The van der Waals surface area contributed by atoms with Crippen molar-refractivity contribution in [3.05, 3.63) is 75.3 Å². The van der Waals surface area contributed by atoms with E-state index in [-0.39, 0.29) is 6.10 Å². The summed E-state index contributed by atoms with van der Waals surface area (Å²) in [6.07, 6.45) is 6.90. The van der Waals surface area contributed by atoms with Crippen molar-refractivity contribution < 1.29 is 15.0 Å². The maximum atomic E-state index is 8.36. The second-order valence-corrected chi connectivity index (χ2v) is 5.12. The molecular weight excluding hydrogens is 345 g/mol. The standard InChI is InChI=1S/C14H14Cl2N2O.HNO3/c1-2-7-19-14(9-18-6-5-17-10-18)12-4-3-11(15)8-13(12)16;2-1(3)4/h2-6,8,10,14H,1,7,9H2;(H,2,3,4). The number of imidazole rings is 1. The van der Waals surface area contributed by atoms with Crippen LogP contribution in [0.5, 0.6) is 0 Å². The number of aromatic nitrogens is 2. The Kier molecular flexibility index (Phi) is 8.10. The Morgan fingerprint density at radius 2 is 2.22 bits per heavy atom. The number of benzene rings is 1.